The van der Waals surface area contributed by atoms with Gasteiger partial charge >= 0.3 is 0 Å². The van der Waals surface area contributed by atoms with Crippen molar-refractivity contribution in [3.8, 4) is 11.5 Å². The molecule has 7 nitrogen and oxygen atoms in total. The first-order chi connectivity index (χ1) is 15.8. The van der Waals surface area contributed by atoms with Crippen molar-refractivity contribution in [2.75, 3.05) is 58.6 Å². The molecule has 0 radical (unpaired) electrons. The molecule has 2 N–H and O–H groups in total. The van der Waals surface area contributed by atoms with Crippen LogP contribution in [0.1, 0.15) is 29.9 Å². The molecule has 1 aliphatic carbocycles. The topological polar surface area (TPSA) is 73.3 Å². The van der Waals surface area contributed by atoms with Gasteiger partial charge in [0, 0.05) is 50.9 Å². The van der Waals surface area contributed by atoms with Crippen molar-refractivity contribution in [3.63, 3.8) is 0 Å². The van der Waals surface area contributed by atoms with Crippen LogP contribution in [0.15, 0.2) is 47.5 Å². The fourth-order valence-corrected chi connectivity index (χ4v) is 3.87. The predicted octanol–water partition coefficient (Wildman–Crippen LogP) is 4.22. The van der Waals surface area contributed by atoms with E-state index in [1.807, 2.05) is 18.2 Å². The number of fused-ring (bicyclic) bond motifs is 2. The first-order valence-electron chi connectivity index (χ1n) is 11.4. The molecule has 2 aliphatic rings. The molecule has 2 aromatic rings. The van der Waals surface area contributed by atoms with Crippen LogP contribution >= 0.6 is 24.0 Å². The molecule has 8 heteroatoms. The molecule has 180 valence electrons. The average Bonchev–Trinajstić information content (AvgIpc) is 3.04. The summed E-state index contributed by atoms with van der Waals surface area (Å²) in [4.78, 5) is 4.88. The van der Waals surface area contributed by atoms with E-state index in [0.717, 1.165) is 55.5 Å². The van der Waals surface area contributed by atoms with Gasteiger partial charge in [-0.25, -0.2) is 0 Å². The van der Waals surface area contributed by atoms with Gasteiger partial charge in [-0.05, 0) is 36.1 Å². The number of hydrogen-bond donors (Lipinski definition) is 2. The Morgan fingerprint density at radius 3 is 2.76 bits per heavy atom. The predicted molar refractivity (Wildman–Crippen MR) is 142 cm³/mol. The molecule has 2 aromatic carbocycles. The summed E-state index contributed by atoms with van der Waals surface area (Å²) in [5.41, 5.74) is 3.77. The van der Waals surface area contributed by atoms with E-state index in [-0.39, 0.29) is 24.0 Å². The van der Waals surface area contributed by atoms with E-state index < -0.39 is 0 Å². The SMILES string of the molecule is COCCOCCCNC(=NCC1Cc2ccccc21)Nc1ccc2c(c1)OCCCO2.I. The second kappa shape index (κ2) is 13.6. The summed E-state index contributed by atoms with van der Waals surface area (Å²) >= 11 is 0. The zero-order valence-electron chi connectivity index (χ0n) is 19.2. The van der Waals surface area contributed by atoms with Gasteiger partial charge in [-0.15, -0.1) is 24.0 Å². The molecule has 0 amide bonds. The molecule has 33 heavy (non-hydrogen) atoms. The van der Waals surface area contributed by atoms with Gasteiger partial charge in [-0.3, -0.25) is 4.99 Å². The van der Waals surface area contributed by atoms with Gasteiger partial charge in [0.25, 0.3) is 0 Å². The number of benzene rings is 2. The zero-order valence-corrected chi connectivity index (χ0v) is 21.5. The summed E-state index contributed by atoms with van der Waals surface area (Å²) in [6.45, 7) is 4.79. The van der Waals surface area contributed by atoms with E-state index >= 15 is 0 Å². The monoisotopic (exact) mass is 567 g/mol. The number of guanidine groups is 1. The Labute approximate surface area is 213 Å². The van der Waals surface area contributed by atoms with E-state index in [1.54, 1.807) is 7.11 Å². The Kier molecular flexibility index (Phi) is 10.6. The fourth-order valence-electron chi connectivity index (χ4n) is 3.87. The maximum atomic E-state index is 5.83. The lowest BCUT2D eigenvalue weighted by Crippen LogP contribution is -2.33. The summed E-state index contributed by atoms with van der Waals surface area (Å²) in [5, 5.41) is 6.87. The van der Waals surface area contributed by atoms with Crippen molar-refractivity contribution in [2.24, 2.45) is 4.99 Å². The maximum absolute atomic E-state index is 5.83. The van der Waals surface area contributed by atoms with Crippen LogP contribution in [0.3, 0.4) is 0 Å². The molecule has 0 saturated heterocycles. The van der Waals surface area contributed by atoms with E-state index in [1.165, 1.54) is 11.1 Å². The van der Waals surface area contributed by atoms with Crippen LogP contribution in [0.25, 0.3) is 0 Å². The Balaban J connectivity index is 0.00000306. The summed E-state index contributed by atoms with van der Waals surface area (Å²) < 4.78 is 22.1. The highest BCUT2D eigenvalue weighted by Gasteiger charge is 2.25. The molecule has 0 aromatic heterocycles. The number of halogens is 1. The van der Waals surface area contributed by atoms with Gasteiger partial charge in [0.05, 0.1) is 26.4 Å². The molecule has 0 fully saturated rings. The quantitative estimate of drug-likeness (QED) is 0.194. The lowest BCUT2D eigenvalue weighted by molar-refractivity contribution is 0.0699. The Morgan fingerprint density at radius 1 is 1.06 bits per heavy atom. The number of rotatable bonds is 10. The standard InChI is InChI=1S/C25H33N3O4.HI/c1-29-14-15-30-11-4-10-26-25(27-18-20-16-19-6-2-3-7-22(19)20)28-21-8-9-23-24(17-21)32-13-5-12-31-23;/h2-3,6-9,17,20H,4-5,10-16,18H2,1H3,(H2,26,27,28);1H. The minimum absolute atomic E-state index is 0. The summed E-state index contributed by atoms with van der Waals surface area (Å²) in [5.74, 6) is 2.80. The molecule has 0 spiro atoms. The van der Waals surface area contributed by atoms with E-state index in [0.29, 0.717) is 39.0 Å². The second-order valence-corrected chi connectivity index (χ2v) is 8.01. The van der Waals surface area contributed by atoms with Gasteiger partial charge in [0.15, 0.2) is 17.5 Å². The van der Waals surface area contributed by atoms with Crippen molar-refractivity contribution in [1.29, 1.82) is 0 Å². The molecule has 1 unspecified atom stereocenters. The lowest BCUT2D eigenvalue weighted by Gasteiger charge is -2.29. The number of nitrogens with one attached hydrogen (secondary N) is 2. The van der Waals surface area contributed by atoms with Crippen molar-refractivity contribution in [2.45, 2.75) is 25.2 Å². The van der Waals surface area contributed by atoms with E-state index in [9.17, 15) is 0 Å². The third kappa shape index (κ3) is 7.48. The minimum Gasteiger partial charge on any atom is -0.490 e. The average molecular weight is 567 g/mol. The van der Waals surface area contributed by atoms with Crippen molar-refractivity contribution in [1.82, 2.24) is 5.32 Å². The van der Waals surface area contributed by atoms with Gasteiger partial charge in [0.2, 0.25) is 0 Å². The highest BCUT2D eigenvalue weighted by Crippen LogP contribution is 2.35. The van der Waals surface area contributed by atoms with Crippen LogP contribution in [0.2, 0.25) is 0 Å². The van der Waals surface area contributed by atoms with Crippen LogP contribution < -0.4 is 20.1 Å². The Morgan fingerprint density at radius 2 is 1.91 bits per heavy atom. The van der Waals surface area contributed by atoms with E-state index in [4.69, 9.17) is 23.9 Å². The minimum atomic E-state index is 0. The number of ether oxygens (including phenoxy) is 4. The molecular formula is C25H34IN3O4. The van der Waals surface area contributed by atoms with Gasteiger partial charge in [-0.1, -0.05) is 24.3 Å². The molecule has 1 aliphatic heterocycles. The third-order valence-corrected chi connectivity index (χ3v) is 5.63. The van der Waals surface area contributed by atoms with Gasteiger partial charge in [-0.2, -0.15) is 0 Å². The van der Waals surface area contributed by atoms with Crippen molar-refractivity contribution in [3.05, 3.63) is 53.6 Å². The van der Waals surface area contributed by atoms with Crippen LogP contribution in [-0.2, 0) is 15.9 Å². The number of anilines is 1. The van der Waals surface area contributed by atoms with E-state index in [2.05, 4.69) is 34.9 Å². The molecular weight excluding hydrogens is 533 g/mol. The molecule has 4 rings (SSSR count). The van der Waals surface area contributed by atoms with Crippen LogP contribution in [-0.4, -0.2) is 59.2 Å². The first-order valence-corrected chi connectivity index (χ1v) is 11.4. The third-order valence-electron chi connectivity index (χ3n) is 5.63. The molecule has 1 atom stereocenters. The highest BCUT2D eigenvalue weighted by atomic mass is 127. The Bertz CT molecular complexity index is 909. The number of methoxy groups -OCH3 is 1. The summed E-state index contributed by atoms with van der Waals surface area (Å²) in [6, 6.07) is 14.5. The van der Waals surface area contributed by atoms with Gasteiger partial charge < -0.3 is 29.6 Å². The summed E-state index contributed by atoms with van der Waals surface area (Å²) in [6.07, 6.45) is 2.86. The largest absolute Gasteiger partial charge is 0.490 e. The van der Waals surface area contributed by atoms with Crippen molar-refractivity contribution >= 4 is 35.6 Å². The van der Waals surface area contributed by atoms with Crippen LogP contribution in [0, 0.1) is 0 Å². The number of aliphatic imine (C=N–C) groups is 1. The molecule has 1 heterocycles. The smallest absolute Gasteiger partial charge is 0.195 e. The van der Waals surface area contributed by atoms with Gasteiger partial charge in [0.1, 0.15) is 0 Å². The second-order valence-electron chi connectivity index (χ2n) is 8.01. The maximum Gasteiger partial charge on any atom is 0.195 e. The molecule has 0 bridgehead atoms. The molecule has 0 saturated carbocycles. The number of hydrogen-bond acceptors (Lipinski definition) is 5. The lowest BCUT2D eigenvalue weighted by atomic mass is 9.78. The van der Waals surface area contributed by atoms with Crippen LogP contribution in [0.4, 0.5) is 5.69 Å². The normalized spacial score (nSPS) is 16.6. The fraction of sp³-hybridized carbons (Fsp3) is 0.480. The zero-order chi connectivity index (χ0) is 22.0. The van der Waals surface area contributed by atoms with Crippen LogP contribution in [0.5, 0.6) is 11.5 Å². The first kappa shape index (κ1) is 25.6. The summed E-state index contributed by atoms with van der Waals surface area (Å²) in [7, 11) is 1.68. The Hall–Kier alpha value is -2.04. The number of nitrogens with zero attached hydrogens (tertiary/aromatic N) is 1. The highest BCUT2D eigenvalue weighted by molar-refractivity contribution is 14.0. The van der Waals surface area contributed by atoms with Crippen molar-refractivity contribution < 1.29 is 18.9 Å².